The van der Waals surface area contributed by atoms with Crippen molar-refractivity contribution in [2.24, 2.45) is 0 Å². The summed E-state index contributed by atoms with van der Waals surface area (Å²) >= 11 is 3.55. The van der Waals surface area contributed by atoms with Crippen molar-refractivity contribution in [2.45, 2.75) is 6.92 Å². The molecule has 0 fully saturated rings. The second-order valence-corrected chi connectivity index (χ2v) is 5.24. The average molecular weight is 330 g/mol. The van der Waals surface area contributed by atoms with Crippen molar-refractivity contribution in [2.75, 3.05) is 0 Å². The summed E-state index contributed by atoms with van der Waals surface area (Å²) < 4.78 is 8.23. The van der Waals surface area contributed by atoms with Gasteiger partial charge >= 0.3 is 5.97 Å². The monoisotopic (exact) mass is 329 g/mol. The fraction of sp³-hybridized carbons (Fsp3) is 0.0625. The Kier molecular flexibility index (Phi) is 3.32. The van der Waals surface area contributed by atoms with Crippen LogP contribution in [-0.4, -0.2) is 10.4 Å². The molecule has 0 saturated carbocycles. The second-order valence-electron chi connectivity index (χ2n) is 4.42. The summed E-state index contributed by atoms with van der Waals surface area (Å²) in [5.41, 5.74) is 2.89. The number of benzene rings is 1. The van der Waals surface area contributed by atoms with E-state index in [9.17, 15) is 4.79 Å². The molecule has 0 amide bonds. The second kappa shape index (κ2) is 5.13. The van der Waals surface area contributed by atoms with Crippen LogP contribution in [0.1, 0.15) is 6.92 Å². The van der Waals surface area contributed by atoms with Gasteiger partial charge < -0.3 is 9.14 Å². The van der Waals surface area contributed by atoms with Crippen LogP contribution in [0.2, 0.25) is 0 Å². The summed E-state index contributed by atoms with van der Waals surface area (Å²) in [6.07, 6.45) is 0. The first-order valence-corrected chi connectivity index (χ1v) is 7.00. The standard InChI is InChI=1S/C16H12BrNO2/c1-11(19)20-15-10-14(12-6-3-2-4-7-12)18-13(15)8-5-9-16(18)17/h2-10H,1H3. The quantitative estimate of drug-likeness (QED) is 0.518. The van der Waals surface area contributed by atoms with Gasteiger partial charge in [0.1, 0.15) is 0 Å². The zero-order chi connectivity index (χ0) is 14.1. The van der Waals surface area contributed by atoms with Crippen LogP contribution in [0.4, 0.5) is 0 Å². The molecule has 2 aromatic heterocycles. The summed E-state index contributed by atoms with van der Waals surface area (Å²) in [7, 11) is 0. The van der Waals surface area contributed by atoms with Gasteiger partial charge in [0.25, 0.3) is 0 Å². The topological polar surface area (TPSA) is 30.7 Å². The Morgan fingerprint density at radius 3 is 2.55 bits per heavy atom. The number of fused-ring (bicyclic) bond motifs is 1. The van der Waals surface area contributed by atoms with Gasteiger partial charge in [0, 0.05) is 13.0 Å². The fourth-order valence-electron chi connectivity index (χ4n) is 2.24. The van der Waals surface area contributed by atoms with Crippen LogP contribution in [0.15, 0.2) is 59.2 Å². The number of pyridine rings is 1. The number of carbonyl (C=O) groups excluding carboxylic acids is 1. The Morgan fingerprint density at radius 2 is 1.85 bits per heavy atom. The predicted molar refractivity (Wildman–Crippen MR) is 81.8 cm³/mol. The number of hydrogen-bond donors (Lipinski definition) is 0. The smallest absolute Gasteiger partial charge is 0.308 e. The fourth-order valence-corrected chi connectivity index (χ4v) is 2.78. The van der Waals surface area contributed by atoms with Gasteiger partial charge in [-0.05, 0) is 33.6 Å². The summed E-state index contributed by atoms with van der Waals surface area (Å²) in [6.45, 7) is 1.41. The third kappa shape index (κ3) is 2.23. The Labute approximate surface area is 124 Å². The summed E-state index contributed by atoms with van der Waals surface area (Å²) in [5.74, 6) is 0.245. The van der Waals surface area contributed by atoms with Crippen molar-refractivity contribution in [3.63, 3.8) is 0 Å². The molecule has 4 heteroatoms. The number of nitrogens with zero attached hydrogens (tertiary/aromatic N) is 1. The minimum Gasteiger partial charge on any atom is -0.424 e. The van der Waals surface area contributed by atoms with E-state index in [1.54, 1.807) is 0 Å². The van der Waals surface area contributed by atoms with Gasteiger partial charge in [-0.2, -0.15) is 0 Å². The van der Waals surface area contributed by atoms with E-state index in [1.165, 1.54) is 6.92 Å². The first-order chi connectivity index (χ1) is 9.66. The largest absolute Gasteiger partial charge is 0.424 e. The van der Waals surface area contributed by atoms with E-state index in [2.05, 4.69) is 15.9 Å². The zero-order valence-corrected chi connectivity index (χ0v) is 12.4. The van der Waals surface area contributed by atoms with Gasteiger partial charge in [0.2, 0.25) is 0 Å². The molecule has 0 saturated heterocycles. The molecule has 0 bridgehead atoms. The van der Waals surface area contributed by atoms with Crippen molar-refractivity contribution >= 4 is 27.4 Å². The highest BCUT2D eigenvalue weighted by Crippen LogP contribution is 2.34. The third-order valence-corrected chi connectivity index (χ3v) is 3.65. The summed E-state index contributed by atoms with van der Waals surface area (Å²) in [6, 6.07) is 17.7. The third-order valence-electron chi connectivity index (χ3n) is 3.03. The van der Waals surface area contributed by atoms with Gasteiger partial charge in [-0.1, -0.05) is 36.4 Å². The minimum atomic E-state index is -0.322. The summed E-state index contributed by atoms with van der Waals surface area (Å²) in [4.78, 5) is 11.2. The van der Waals surface area contributed by atoms with E-state index in [1.807, 2.05) is 59.0 Å². The van der Waals surface area contributed by atoms with Gasteiger partial charge in [0.15, 0.2) is 5.75 Å². The number of rotatable bonds is 2. The number of ether oxygens (including phenoxy) is 1. The van der Waals surface area contributed by atoms with E-state index in [0.29, 0.717) is 5.75 Å². The Balaban J connectivity index is 2.29. The average Bonchev–Trinajstić information content (AvgIpc) is 2.79. The number of carbonyl (C=O) groups is 1. The lowest BCUT2D eigenvalue weighted by Crippen LogP contribution is -2.00. The van der Waals surface area contributed by atoms with Crippen molar-refractivity contribution in [3.8, 4) is 17.0 Å². The molecular weight excluding hydrogens is 318 g/mol. The molecule has 0 N–H and O–H groups in total. The number of aromatic nitrogens is 1. The molecule has 0 atom stereocenters. The van der Waals surface area contributed by atoms with Crippen LogP contribution in [0.5, 0.6) is 5.75 Å². The van der Waals surface area contributed by atoms with Crippen molar-refractivity contribution in [1.82, 2.24) is 4.40 Å². The maximum atomic E-state index is 11.2. The molecule has 2 heterocycles. The molecule has 20 heavy (non-hydrogen) atoms. The van der Waals surface area contributed by atoms with Gasteiger partial charge in [-0.3, -0.25) is 4.79 Å². The van der Waals surface area contributed by atoms with Crippen LogP contribution in [0.25, 0.3) is 16.8 Å². The number of esters is 1. The first kappa shape index (κ1) is 12.9. The highest BCUT2D eigenvalue weighted by atomic mass is 79.9. The molecule has 0 radical (unpaired) electrons. The van der Waals surface area contributed by atoms with Crippen LogP contribution in [-0.2, 0) is 4.79 Å². The number of hydrogen-bond acceptors (Lipinski definition) is 2. The molecule has 100 valence electrons. The molecular formula is C16H12BrNO2. The lowest BCUT2D eigenvalue weighted by molar-refractivity contribution is -0.131. The zero-order valence-electron chi connectivity index (χ0n) is 10.8. The Hall–Kier alpha value is -2.07. The van der Waals surface area contributed by atoms with Gasteiger partial charge in [0.05, 0.1) is 15.8 Å². The first-order valence-electron chi connectivity index (χ1n) is 6.20. The van der Waals surface area contributed by atoms with Crippen molar-refractivity contribution < 1.29 is 9.53 Å². The maximum Gasteiger partial charge on any atom is 0.308 e. The van der Waals surface area contributed by atoms with Crippen LogP contribution in [0.3, 0.4) is 0 Å². The normalized spacial score (nSPS) is 10.7. The highest BCUT2D eigenvalue weighted by molar-refractivity contribution is 9.10. The molecule has 0 aliphatic carbocycles. The Bertz CT molecular complexity index is 778. The van der Waals surface area contributed by atoms with Crippen molar-refractivity contribution in [3.05, 3.63) is 59.2 Å². The lowest BCUT2D eigenvalue weighted by Gasteiger charge is -2.05. The van der Waals surface area contributed by atoms with E-state index < -0.39 is 0 Å². The molecule has 3 nitrogen and oxygen atoms in total. The maximum absolute atomic E-state index is 11.2. The summed E-state index contributed by atoms with van der Waals surface area (Å²) in [5, 5.41) is 0. The van der Waals surface area contributed by atoms with E-state index in [4.69, 9.17) is 4.74 Å². The van der Waals surface area contributed by atoms with Crippen molar-refractivity contribution in [1.29, 1.82) is 0 Å². The van der Waals surface area contributed by atoms with E-state index in [-0.39, 0.29) is 5.97 Å². The lowest BCUT2D eigenvalue weighted by atomic mass is 10.1. The van der Waals surface area contributed by atoms with Crippen LogP contribution in [0, 0.1) is 0 Å². The minimum absolute atomic E-state index is 0.322. The SMILES string of the molecule is CC(=O)Oc1cc(-c2ccccc2)n2c(Br)cccc12. The van der Waals surface area contributed by atoms with Crippen LogP contribution >= 0.6 is 15.9 Å². The Morgan fingerprint density at radius 1 is 1.10 bits per heavy atom. The molecule has 0 unspecified atom stereocenters. The van der Waals surface area contributed by atoms with Gasteiger partial charge in [-0.25, -0.2) is 0 Å². The number of halogens is 1. The van der Waals surface area contributed by atoms with Crippen LogP contribution < -0.4 is 4.74 Å². The molecule has 1 aromatic carbocycles. The van der Waals surface area contributed by atoms with Gasteiger partial charge in [-0.15, -0.1) is 0 Å². The van der Waals surface area contributed by atoms with E-state index >= 15 is 0 Å². The van der Waals surface area contributed by atoms with E-state index in [0.717, 1.165) is 21.4 Å². The molecule has 3 aromatic rings. The molecule has 0 aliphatic heterocycles. The highest BCUT2D eigenvalue weighted by Gasteiger charge is 2.14. The molecule has 3 rings (SSSR count). The molecule has 0 aliphatic rings. The molecule has 0 spiro atoms. The predicted octanol–water partition coefficient (Wildman–Crippen LogP) is 4.29.